The number of amides is 1. The van der Waals surface area contributed by atoms with E-state index in [1.54, 1.807) is 0 Å². The second-order valence-corrected chi connectivity index (χ2v) is 9.02. The summed E-state index contributed by atoms with van der Waals surface area (Å²) in [7, 11) is 0. The molecule has 0 atom stereocenters. The number of hydrogen-bond acceptors (Lipinski definition) is 5. The number of piperidine rings is 1. The topological polar surface area (TPSA) is 80.0 Å². The molecule has 5 nitrogen and oxygen atoms in total. The van der Waals surface area contributed by atoms with E-state index in [9.17, 15) is 4.79 Å². The molecule has 3 aromatic rings. The lowest BCUT2D eigenvalue weighted by molar-refractivity contribution is 0.0959. The molecule has 0 aliphatic carbocycles. The molecule has 0 saturated carbocycles. The van der Waals surface area contributed by atoms with Crippen molar-refractivity contribution in [2.75, 3.05) is 25.4 Å². The second-order valence-electron chi connectivity index (χ2n) is 8.02. The van der Waals surface area contributed by atoms with Gasteiger partial charge < -0.3 is 16.4 Å². The first-order valence-corrected chi connectivity index (χ1v) is 11.7. The van der Waals surface area contributed by atoms with E-state index in [2.05, 4.69) is 46.8 Å². The molecule has 4 N–H and O–H groups in total. The Balaban J connectivity index is 1.35. The van der Waals surface area contributed by atoms with Crippen LogP contribution in [0.1, 0.15) is 58.6 Å². The summed E-state index contributed by atoms with van der Waals surface area (Å²) in [5.74, 6) is 0.557. The van der Waals surface area contributed by atoms with Gasteiger partial charge in [0.1, 0.15) is 9.71 Å². The molecule has 0 bridgehead atoms. The van der Waals surface area contributed by atoms with Crippen LogP contribution in [-0.2, 0) is 12.8 Å². The molecule has 2 aromatic heterocycles. The normalized spacial score (nSPS) is 14.8. The molecule has 1 aliphatic heterocycles. The molecule has 0 radical (unpaired) electrons. The number of anilines is 1. The third kappa shape index (κ3) is 4.65. The first kappa shape index (κ1) is 20.8. The molecule has 4 rings (SSSR count). The maximum Gasteiger partial charge on any atom is 0.263 e. The Morgan fingerprint density at radius 1 is 1.17 bits per heavy atom. The molecule has 0 unspecified atom stereocenters. The average Bonchev–Trinajstić information content (AvgIpc) is 3.11. The molecule has 6 heteroatoms. The number of nitrogens with two attached hydrogens (primary N) is 1. The summed E-state index contributed by atoms with van der Waals surface area (Å²) in [6.45, 7) is 4.94. The number of nitrogens with one attached hydrogen (secondary N) is 2. The van der Waals surface area contributed by atoms with Gasteiger partial charge in [-0.3, -0.25) is 4.79 Å². The average molecular weight is 423 g/mol. The number of nitrogen functional groups attached to an aromatic ring is 1. The molecule has 158 valence electrons. The minimum atomic E-state index is -0.112. The van der Waals surface area contributed by atoms with E-state index in [0.29, 0.717) is 23.0 Å². The van der Waals surface area contributed by atoms with Crippen molar-refractivity contribution >= 4 is 33.1 Å². The van der Waals surface area contributed by atoms with Crippen LogP contribution in [0.2, 0.25) is 0 Å². The number of aryl methyl sites for hydroxylation is 1. The zero-order valence-electron chi connectivity index (χ0n) is 17.5. The van der Waals surface area contributed by atoms with Crippen molar-refractivity contribution < 1.29 is 4.79 Å². The van der Waals surface area contributed by atoms with Gasteiger partial charge in [0.2, 0.25) is 0 Å². The highest BCUT2D eigenvalue weighted by Gasteiger charge is 2.18. The van der Waals surface area contributed by atoms with E-state index in [4.69, 9.17) is 5.73 Å². The monoisotopic (exact) mass is 422 g/mol. The van der Waals surface area contributed by atoms with Crippen LogP contribution < -0.4 is 16.4 Å². The van der Waals surface area contributed by atoms with Crippen LogP contribution in [0, 0.1) is 0 Å². The molecule has 1 amide bonds. The molecule has 1 aliphatic rings. The van der Waals surface area contributed by atoms with Crippen LogP contribution in [0.4, 0.5) is 5.69 Å². The second kappa shape index (κ2) is 9.58. The predicted octanol–water partition coefficient (Wildman–Crippen LogP) is 4.27. The van der Waals surface area contributed by atoms with E-state index >= 15 is 0 Å². The lowest BCUT2D eigenvalue weighted by Crippen LogP contribution is -2.26. The molecule has 1 saturated heterocycles. The number of fused-ring (bicyclic) bond motifs is 1. The maximum absolute atomic E-state index is 12.7. The minimum Gasteiger partial charge on any atom is -0.397 e. The van der Waals surface area contributed by atoms with Crippen molar-refractivity contribution in [1.29, 1.82) is 0 Å². The number of rotatable bonds is 7. The predicted molar refractivity (Wildman–Crippen MR) is 125 cm³/mol. The van der Waals surface area contributed by atoms with E-state index in [-0.39, 0.29) is 5.91 Å². The number of carbonyl (C=O) groups is 1. The number of benzene rings is 1. The van der Waals surface area contributed by atoms with Crippen molar-refractivity contribution in [3.63, 3.8) is 0 Å². The highest BCUT2D eigenvalue weighted by Crippen LogP contribution is 2.32. The standard InChI is InChI=1S/C24H30N4OS/c1-2-3-19-8-9-20-21(25)22(30-24(20)28-19)23(29)27-15-10-16-4-6-17(7-5-16)18-11-13-26-14-12-18/h4-9,18,26H,2-3,10-15,25H2,1H3,(H,27,29). The molecule has 0 spiro atoms. The summed E-state index contributed by atoms with van der Waals surface area (Å²) < 4.78 is 0. The van der Waals surface area contributed by atoms with Gasteiger partial charge in [-0.2, -0.15) is 0 Å². The summed E-state index contributed by atoms with van der Waals surface area (Å²) in [5, 5.41) is 7.31. The molecule has 1 aromatic carbocycles. The first-order chi connectivity index (χ1) is 14.7. The number of thiophene rings is 1. The summed E-state index contributed by atoms with van der Waals surface area (Å²) >= 11 is 1.38. The maximum atomic E-state index is 12.7. The Hall–Kier alpha value is -2.44. The third-order valence-corrected chi connectivity index (χ3v) is 6.97. The smallest absolute Gasteiger partial charge is 0.263 e. The van der Waals surface area contributed by atoms with E-state index < -0.39 is 0 Å². The SMILES string of the molecule is CCCc1ccc2c(N)c(C(=O)NCCc3ccc(C4CCNCC4)cc3)sc2n1. The van der Waals surface area contributed by atoms with Gasteiger partial charge in [0.25, 0.3) is 5.91 Å². The van der Waals surface area contributed by atoms with Crippen molar-refractivity contribution in [1.82, 2.24) is 15.6 Å². The van der Waals surface area contributed by atoms with Crippen molar-refractivity contribution in [3.05, 3.63) is 58.1 Å². The van der Waals surface area contributed by atoms with E-state index in [0.717, 1.165) is 48.3 Å². The first-order valence-electron chi connectivity index (χ1n) is 10.9. The van der Waals surface area contributed by atoms with Gasteiger partial charge in [-0.1, -0.05) is 37.6 Å². The quantitative estimate of drug-likeness (QED) is 0.531. The number of nitrogens with zero attached hydrogens (tertiary/aromatic N) is 1. The van der Waals surface area contributed by atoms with Crippen LogP contribution in [0.15, 0.2) is 36.4 Å². The Kier molecular flexibility index (Phi) is 6.65. The Morgan fingerprint density at radius 2 is 1.93 bits per heavy atom. The van der Waals surface area contributed by atoms with Gasteiger partial charge >= 0.3 is 0 Å². The minimum absolute atomic E-state index is 0.112. The van der Waals surface area contributed by atoms with Gasteiger partial charge in [-0.05, 0) is 68.0 Å². The van der Waals surface area contributed by atoms with Crippen LogP contribution in [-0.4, -0.2) is 30.5 Å². The summed E-state index contributed by atoms with van der Waals surface area (Å²) in [5.41, 5.74) is 10.5. The zero-order valence-corrected chi connectivity index (χ0v) is 18.4. The lowest BCUT2D eigenvalue weighted by Gasteiger charge is -2.23. The van der Waals surface area contributed by atoms with Crippen molar-refractivity contribution in [2.45, 2.75) is 44.9 Å². The summed E-state index contributed by atoms with van der Waals surface area (Å²) in [6, 6.07) is 12.9. The van der Waals surface area contributed by atoms with Gasteiger partial charge in [0.05, 0.1) is 5.69 Å². The Labute approximate surface area is 182 Å². The third-order valence-electron chi connectivity index (χ3n) is 5.85. The van der Waals surface area contributed by atoms with Crippen LogP contribution in [0.3, 0.4) is 0 Å². The van der Waals surface area contributed by atoms with Gasteiger partial charge in [-0.25, -0.2) is 4.98 Å². The van der Waals surface area contributed by atoms with E-state index in [1.807, 2.05) is 12.1 Å². The van der Waals surface area contributed by atoms with Crippen molar-refractivity contribution in [2.24, 2.45) is 0 Å². The van der Waals surface area contributed by atoms with Crippen LogP contribution >= 0.6 is 11.3 Å². The zero-order chi connectivity index (χ0) is 20.9. The highest BCUT2D eigenvalue weighted by molar-refractivity contribution is 7.21. The lowest BCUT2D eigenvalue weighted by atomic mass is 9.89. The van der Waals surface area contributed by atoms with E-state index in [1.165, 1.54) is 35.3 Å². The summed E-state index contributed by atoms with van der Waals surface area (Å²) in [6.07, 6.45) is 5.21. The number of hydrogen-bond donors (Lipinski definition) is 3. The Bertz CT molecular complexity index is 1010. The number of aromatic nitrogens is 1. The fourth-order valence-corrected chi connectivity index (χ4v) is 5.14. The van der Waals surface area contributed by atoms with Crippen molar-refractivity contribution in [3.8, 4) is 0 Å². The van der Waals surface area contributed by atoms with Crippen LogP contribution in [0.25, 0.3) is 10.2 Å². The molecule has 1 fully saturated rings. The molecule has 3 heterocycles. The van der Waals surface area contributed by atoms with Gasteiger partial charge in [0.15, 0.2) is 0 Å². The number of carbonyl (C=O) groups excluding carboxylic acids is 1. The molecule has 30 heavy (non-hydrogen) atoms. The Morgan fingerprint density at radius 3 is 2.67 bits per heavy atom. The largest absolute Gasteiger partial charge is 0.397 e. The van der Waals surface area contributed by atoms with Gasteiger partial charge in [-0.15, -0.1) is 11.3 Å². The molecular weight excluding hydrogens is 392 g/mol. The van der Waals surface area contributed by atoms with Gasteiger partial charge in [0, 0.05) is 17.6 Å². The van der Waals surface area contributed by atoms with Crippen LogP contribution in [0.5, 0.6) is 0 Å². The summed E-state index contributed by atoms with van der Waals surface area (Å²) in [4.78, 5) is 18.7. The highest BCUT2D eigenvalue weighted by atomic mass is 32.1. The molecular formula is C24H30N4OS. The fraction of sp³-hybridized carbons (Fsp3) is 0.417. The number of pyridine rings is 1. The fourth-order valence-electron chi connectivity index (χ4n) is 4.11.